The van der Waals surface area contributed by atoms with Crippen LogP contribution in [-0.4, -0.2) is 25.0 Å². The summed E-state index contributed by atoms with van der Waals surface area (Å²) in [6, 6.07) is 8.69. The monoisotopic (exact) mass is 409 g/mol. The molecule has 3 aromatic heterocycles. The van der Waals surface area contributed by atoms with Crippen molar-refractivity contribution in [3.05, 3.63) is 58.0 Å². The normalized spacial score (nSPS) is 12.9. The highest BCUT2D eigenvalue weighted by molar-refractivity contribution is 6.32. The predicted octanol–water partition coefficient (Wildman–Crippen LogP) is 5.53. The molecule has 4 aromatic rings. The van der Waals surface area contributed by atoms with Gasteiger partial charge in [0.2, 0.25) is 5.78 Å². The summed E-state index contributed by atoms with van der Waals surface area (Å²) in [5, 5.41) is 4.36. The standard InChI is InChI=1S/C23H28ClN5/c1-6-8-16(4)26-13-20-17(5)27-23-28(20)19-9-7-10-25-22(19)29(23)21-15(3)11-14(2)12-18(21)24/h7,9-12,16,26H,6,8,13H2,1-5H3. The first-order valence-electron chi connectivity index (χ1n) is 10.3. The van der Waals surface area contributed by atoms with Crippen LogP contribution < -0.4 is 5.32 Å². The Morgan fingerprint density at radius 2 is 2.00 bits per heavy atom. The van der Waals surface area contributed by atoms with Gasteiger partial charge in [-0.25, -0.2) is 9.97 Å². The molecule has 0 aliphatic rings. The van der Waals surface area contributed by atoms with Gasteiger partial charge in [0.05, 0.1) is 27.6 Å². The highest BCUT2D eigenvalue weighted by Crippen LogP contribution is 2.32. The molecule has 1 atom stereocenters. The van der Waals surface area contributed by atoms with Crippen molar-refractivity contribution in [2.75, 3.05) is 0 Å². The van der Waals surface area contributed by atoms with Gasteiger partial charge in [0.15, 0.2) is 5.65 Å². The molecule has 0 aliphatic heterocycles. The molecule has 1 aromatic carbocycles. The number of nitrogens with one attached hydrogen (secondary N) is 1. The lowest BCUT2D eigenvalue weighted by atomic mass is 10.1. The highest BCUT2D eigenvalue weighted by atomic mass is 35.5. The van der Waals surface area contributed by atoms with E-state index >= 15 is 0 Å². The maximum atomic E-state index is 6.71. The van der Waals surface area contributed by atoms with E-state index in [0.29, 0.717) is 11.1 Å². The summed E-state index contributed by atoms with van der Waals surface area (Å²) in [4.78, 5) is 9.63. The number of nitrogens with zero attached hydrogens (tertiary/aromatic N) is 4. The van der Waals surface area contributed by atoms with Crippen LogP contribution in [-0.2, 0) is 6.54 Å². The molecule has 0 amide bonds. The first-order valence-corrected chi connectivity index (χ1v) is 10.6. The second-order valence-corrected chi connectivity index (χ2v) is 8.35. The molecule has 0 bridgehead atoms. The summed E-state index contributed by atoms with van der Waals surface area (Å²) in [5.41, 5.74) is 7.30. The van der Waals surface area contributed by atoms with Crippen LogP contribution in [0.4, 0.5) is 0 Å². The van der Waals surface area contributed by atoms with Crippen molar-refractivity contribution >= 4 is 28.5 Å². The van der Waals surface area contributed by atoms with Gasteiger partial charge in [0, 0.05) is 18.8 Å². The third-order valence-electron chi connectivity index (χ3n) is 5.54. The minimum atomic E-state index is 0.463. The number of hydrogen-bond acceptors (Lipinski definition) is 3. The molecule has 5 nitrogen and oxygen atoms in total. The number of aromatic nitrogens is 4. The zero-order chi connectivity index (χ0) is 20.7. The summed E-state index contributed by atoms with van der Waals surface area (Å²) >= 11 is 6.71. The average molecular weight is 410 g/mol. The number of imidazole rings is 2. The van der Waals surface area contributed by atoms with Crippen molar-refractivity contribution in [3.63, 3.8) is 0 Å². The fourth-order valence-corrected chi connectivity index (χ4v) is 4.60. The molecule has 29 heavy (non-hydrogen) atoms. The minimum absolute atomic E-state index is 0.463. The van der Waals surface area contributed by atoms with Gasteiger partial charge < -0.3 is 5.32 Å². The Bertz CT molecular complexity index is 1160. The van der Waals surface area contributed by atoms with Crippen molar-refractivity contribution in [3.8, 4) is 5.69 Å². The highest BCUT2D eigenvalue weighted by Gasteiger charge is 2.22. The second-order valence-electron chi connectivity index (χ2n) is 7.94. The van der Waals surface area contributed by atoms with Crippen LogP contribution in [0.2, 0.25) is 5.02 Å². The average Bonchev–Trinajstić information content (AvgIpc) is 3.14. The van der Waals surface area contributed by atoms with E-state index in [4.69, 9.17) is 21.6 Å². The molecule has 6 heteroatoms. The molecule has 1 N–H and O–H groups in total. The Labute approximate surface area is 176 Å². The molecule has 0 fully saturated rings. The molecule has 0 radical (unpaired) electrons. The van der Waals surface area contributed by atoms with E-state index in [0.717, 1.165) is 52.4 Å². The Balaban J connectivity index is 1.96. The minimum Gasteiger partial charge on any atom is -0.309 e. The van der Waals surface area contributed by atoms with Gasteiger partial charge in [-0.15, -0.1) is 0 Å². The number of fused-ring (bicyclic) bond motifs is 3. The zero-order valence-electron chi connectivity index (χ0n) is 17.8. The molecule has 4 rings (SSSR count). The molecule has 0 saturated heterocycles. The second kappa shape index (κ2) is 7.81. The van der Waals surface area contributed by atoms with Gasteiger partial charge in [-0.2, -0.15) is 0 Å². The lowest BCUT2D eigenvalue weighted by Crippen LogP contribution is -2.26. The summed E-state index contributed by atoms with van der Waals surface area (Å²) in [5.74, 6) is 0.852. The van der Waals surface area contributed by atoms with Gasteiger partial charge in [-0.3, -0.25) is 8.97 Å². The van der Waals surface area contributed by atoms with E-state index in [-0.39, 0.29) is 0 Å². The van der Waals surface area contributed by atoms with Crippen LogP contribution in [0.25, 0.3) is 22.6 Å². The molecule has 0 saturated carbocycles. The van der Waals surface area contributed by atoms with E-state index in [1.54, 1.807) is 0 Å². The lowest BCUT2D eigenvalue weighted by molar-refractivity contribution is 0.503. The Morgan fingerprint density at radius 3 is 2.72 bits per heavy atom. The fraction of sp³-hybridized carbons (Fsp3) is 0.391. The molecular formula is C23H28ClN5. The molecule has 152 valence electrons. The van der Waals surface area contributed by atoms with Crippen molar-refractivity contribution in [2.24, 2.45) is 0 Å². The van der Waals surface area contributed by atoms with Gasteiger partial charge in [0.1, 0.15) is 0 Å². The number of pyridine rings is 1. The number of halogens is 1. The Hall–Kier alpha value is -2.37. The van der Waals surface area contributed by atoms with Gasteiger partial charge in [-0.1, -0.05) is 31.0 Å². The zero-order valence-corrected chi connectivity index (χ0v) is 18.5. The van der Waals surface area contributed by atoms with Crippen LogP contribution in [0.5, 0.6) is 0 Å². The number of rotatable bonds is 6. The molecule has 3 heterocycles. The van der Waals surface area contributed by atoms with E-state index in [9.17, 15) is 0 Å². The molecule has 0 spiro atoms. The third kappa shape index (κ3) is 3.43. The quantitative estimate of drug-likeness (QED) is 0.455. The fourth-order valence-electron chi connectivity index (χ4n) is 4.19. The predicted molar refractivity (Wildman–Crippen MR) is 120 cm³/mol. The van der Waals surface area contributed by atoms with Crippen molar-refractivity contribution in [2.45, 2.75) is 60.0 Å². The molecular weight excluding hydrogens is 382 g/mol. The third-order valence-corrected chi connectivity index (χ3v) is 5.82. The summed E-state index contributed by atoms with van der Waals surface area (Å²) in [6.45, 7) is 11.4. The maximum Gasteiger partial charge on any atom is 0.221 e. The van der Waals surface area contributed by atoms with E-state index in [1.165, 1.54) is 12.1 Å². The smallest absolute Gasteiger partial charge is 0.221 e. The summed E-state index contributed by atoms with van der Waals surface area (Å²) in [6.07, 6.45) is 4.15. The van der Waals surface area contributed by atoms with E-state index in [1.807, 2.05) is 18.3 Å². The first kappa shape index (κ1) is 19.9. The summed E-state index contributed by atoms with van der Waals surface area (Å²) < 4.78 is 4.32. The number of benzene rings is 1. The SMILES string of the molecule is CCCC(C)NCc1c(C)nc2n(-c3c(C)cc(C)cc3Cl)c3ncccc3n12. The van der Waals surface area contributed by atoms with E-state index in [2.05, 4.69) is 61.0 Å². The lowest BCUT2D eigenvalue weighted by Gasteiger charge is -2.12. The Kier molecular flexibility index (Phi) is 5.36. The maximum absolute atomic E-state index is 6.71. The topological polar surface area (TPSA) is 47.2 Å². The van der Waals surface area contributed by atoms with Gasteiger partial charge in [0.25, 0.3) is 0 Å². The largest absolute Gasteiger partial charge is 0.309 e. The summed E-state index contributed by atoms with van der Waals surface area (Å²) in [7, 11) is 0. The first-order chi connectivity index (χ1) is 13.9. The van der Waals surface area contributed by atoms with Gasteiger partial charge >= 0.3 is 0 Å². The van der Waals surface area contributed by atoms with Crippen molar-refractivity contribution in [1.29, 1.82) is 0 Å². The number of hydrogen-bond donors (Lipinski definition) is 1. The van der Waals surface area contributed by atoms with Crippen LogP contribution in [0.3, 0.4) is 0 Å². The van der Waals surface area contributed by atoms with Crippen LogP contribution in [0.15, 0.2) is 30.5 Å². The van der Waals surface area contributed by atoms with Crippen molar-refractivity contribution in [1.82, 2.24) is 24.3 Å². The van der Waals surface area contributed by atoms with E-state index < -0.39 is 0 Å². The molecule has 1 unspecified atom stereocenters. The van der Waals surface area contributed by atoms with Crippen LogP contribution in [0.1, 0.15) is 49.2 Å². The molecule has 0 aliphatic carbocycles. The van der Waals surface area contributed by atoms with Crippen molar-refractivity contribution < 1.29 is 0 Å². The Morgan fingerprint density at radius 1 is 1.21 bits per heavy atom. The number of aryl methyl sites for hydroxylation is 3. The van der Waals surface area contributed by atoms with Crippen LogP contribution in [0, 0.1) is 20.8 Å². The van der Waals surface area contributed by atoms with Crippen LogP contribution >= 0.6 is 11.6 Å². The van der Waals surface area contributed by atoms with Gasteiger partial charge in [-0.05, 0) is 63.4 Å².